The molecule has 1 amide bonds. The largest absolute Gasteiger partial charge is 0.396 e. The Hall–Kier alpha value is -1.18. The van der Waals surface area contributed by atoms with Crippen LogP contribution >= 0.6 is 11.3 Å². The molecule has 0 saturated heterocycles. The monoisotopic (exact) mass is 421 g/mol. The molecule has 4 rings (SSSR count). The molecule has 4 N–H and O–H groups in total. The molecule has 3 aliphatic carbocycles. The number of rotatable bonds is 5. The average molecular weight is 422 g/mol. The number of carbonyl (C=O) groups is 1. The van der Waals surface area contributed by atoms with Crippen molar-refractivity contribution in [3.63, 3.8) is 0 Å². The number of hydrogen-bond donors (Lipinski definition) is 4. The van der Waals surface area contributed by atoms with Gasteiger partial charge in [0, 0.05) is 35.7 Å². The Kier molecular flexibility index (Phi) is 5.68. The molecular formula is C22H35N3O3S. The molecule has 5 unspecified atom stereocenters. The second kappa shape index (κ2) is 7.82. The Morgan fingerprint density at radius 1 is 1.28 bits per heavy atom. The number of nitrogens with one attached hydrogen (secondary N) is 2. The van der Waals surface area contributed by atoms with Gasteiger partial charge in [0.05, 0.1) is 18.4 Å². The molecule has 162 valence electrons. The highest BCUT2D eigenvalue weighted by molar-refractivity contribution is 7.15. The second-order valence-corrected chi connectivity index (χ2v) is 10.9. The van der Waals surface area contributed by atoms with Crippen molar-refractivity contribution >= 4 is 22.4 Å². The number of aliphatic hydroxyl groups excluding tert-OH is 2. The Morgan fingerprint density at radius 2 is 2.00 bits per heavy atom. The summed E-state index contributed by atoms with van der Waals surface area (Å²) in [6.45, 7) is 4.23. The van der Waals surface area contributed by atoms with E-state index in [0.29, 0.717) is 18.9 Å². The van der Waals surface area contributed by atoms with Gasteiger partial charge in [-0.05, 0) is 43.4 Å². The van der Waals surface area contributed by atoms with Gasteiger partial charge >= 0.3 is 0 Å². The van der Waals surface area contributed by atoms with Gasteiger partial charge in [-0.3, -0.25) is 4.79 Å². The molecule has 1 aromatic heterocycles. The highest BCUT2D eigenvalue weighted by Gasteiger charge is 2.59. The van der Waals surface area contributed by atoms with Crippen LogP contribution < -0.4 is 10.6 Å². The van der Waals surface area contributed by atoms with E-state index in [0.717, 1.165) is 36.5 Å². The summed E-state index contributed by atoms with van der Waals surface area (Å²) in [4.78, 5) is 19.1. The molecule has 0 radical (unpaired) electrons. The number of anilines is 1. The van der Waals surface area contributed by atoms with Crippen LogP contribution in [-0.2, 0) is 11.2 Å². The van der Waals surface area contributed by atoms with Gasteiger partial charge in [-0.15, -0.1) is 11.3 Å². The Bertz CT molecular complexity index is 762. The minimum absolute atomic E-state index is 0.00868. The van der Waals surface area contributed by atoms with Gasteiger partial charge in [0.25, 0.3) is 0 Å². The maximum atomic E-state index is 13.0. The first kappa shape index (κ1) is 21.1. The SMILES string of the molecule is CNc1nc2c(s1)CC1C(C)(CO)C(O)CCC1(C)C2CC(=O)NC1CCCC1. The normalized spacial score (nSPS) is 37.1. The molecule has 6 nitrogen and oxygen atoms in total. The molecule has 0 aliphatic heterocycles. The van der Waals surface area contributed by atoms with E-state index < -0.39 is 11.5 Å². The minimum atomic E-state index is -0.561. The van der Waals surface area contributed by atoms with Gasteiger partial charge in [0.15, 0.2) is 5.13 Å². The zero-order valence-corrected chi connectivity index (χ0v) is 18.6. The summed E-state index contributed by atoms with van der Waals surface area (Å²) in [5, 5.41) is 28.3. The standard InChI is InChI=1S/C22H35N3O3S/c1-21-9-8-17(27)22(2,12-26)16(21)11-15-19(25-20(23-3)29-15)14(21)10-18(28)24-13-6-4-5-7-13/h13-14,16-17,26-27H,4-12H2,1-3H3,(H,23,25)(H,24,28). The van der Waals surface area contributed by atoms with Crippen LogP contribution in [0.15, 0.2) is 0 Å². The van der Waals surface area contributed by atoms with Crippen LogP contribution in [0.4, 0.5) is 5.13 Å². The van der Waals surface area contributed by atoms with Crippen LogP contribution in [-0.4, -0.2) is 46.9 Å². The topological polar surface area (TPSA) is 94.5 Å². The molecule has 1 heterocycles. The molecule has 1 aromatic rings. The second-order valence-electron chi connectivity index (χ2n) is 9.86. The van der Waals surface area contributed by atoms with Crippen molar-refractivity contribution < 1.29 is 15.0 Å². The molecule has 2 saturated carbocycles. The zero-order chi connectivity index (χ0) is 20.8. The number of hydrogen-bond acceptors (Lipinski definition) is 6. The van der Waals surface area contributed by atoms with E-state index in [1.807, 2.05) is 14.0 Å². The first-order chi connectivity index (χ1) is 13.8. The smallest absolute Gasteiger partial charge is 0.220 e. The molecular weight excluding hydrogens is 386 g/mol. The van der Waals surface area contributed by atoms with Gasteiger partial charge in [-0.1, -0.05) is 26.7 Å². The summed E-state index contributed by atoms with van der Waals surface area (Å²) in [5.74, 6) is 0.241. The third-order valence-electron chi connectivity index (χ3n) is 8.22. The van der Waals surface area contributed by atoms with Gasteiger partial charge < -0.3 is 20.8 Å². The number of fused-ring (bicyclic) bond motifs is 2. The first-order valence-electron chi connectivity index (χ1n) is 11.1. The molecule has 2 fully saturated rings. The van der Waals surface area contributed by atoms with E-state index in [2.05, 4.69) is 17.6 Å². The van der Waals surface area contributed by atoms with Crippen molar-refractivity contribution in [2.24, 2.45) is 16.7 Å². The van der Waals surface area contributed by atoms with Gasteiger partial charge in [0.2, 0.25) is 5.91 Å². The lowest BCUT2D eigenvalue weighted by molar-refractivity contribution is -0.144. The maximum absolute atomic E-state index is 13.0. The number of aromatic nitrogens is 1. The summed E-state index contributed by atoms with van der Waals surface area (Å²) in [7, 11) is 1.88. The minimum Gasteiger partial charge on any atom is -0.396 e. The van der Waals surface area contributed by atoms with Crippen LogP contribution in [0.2, 0.25) is 0 Å². The number of amides is 1. The fourth-order valence-corrected chi connectivity index (χ4v) is 7.32. The van der Waals surface area contributed by atoms with Crippen molar-refractivity contribution in [3.8, 4) is 0 Å². The zero-order valence-electron chi connectivity index (χ0n) is 17.8. The first-order valence-corrected chi connectivity index (χ1v) is 11.9. The molecule has 0 spiro atoms. The quantitative estimate of drug-likeness (QED) is 0.586. The third kappa shape index (κ3) is 3.49. The predicted octanol–water partition coefficient (Wildman–Crippen LogP) is 3.05. The lowest BCUT2D eigenvalue weighted by Gasteiger charge is -2.58. The van der Waals surface area contributed by atoms with Crippen molar-refractivity contribution in [1.82, 2.24) is 10.3 Å². The molecule has 3 aliphatic rings. The summed E-state index contributed by atoms with van der Waals surface area (Å²) >= 11 is 1.65. The van der Waals surface area contributed by atoms with E-state index in [1.165, 1.54) is 17.7 Å². The van der Waals surface area contributed by atoms with E-state index in [4.69, 9.17) is 4.98 Å². The third-order valence-corrected chi connectivity index (χ3v) is 9.33. The highest BCUT2D eigenvalue weighted by Crippen LogP contribution is 2.62. The maximum Gasteiger partial charge on any atom is 0.220 e. The van der Waals surface area contributed by atoms with Crippen molar-refractivity contribution in [3.05, 3.63) is 10.6 Å². The molecule has 0 bridgehead atoms. The van der Waals surface area contributed by atoms with E-state index in [-0.39, 0.29) is 29.8 Å². The van der Waals surface area contributed by atoms with Gasteiger partial charge in [-0.25, -0.2) is 4.98 Å². The number of thiazole rings is 1. The molecule has 0 aromatic carbocycles. The molecule has 29 heavy (non-hydrogen) atoms. The lowest BCUT2D eigenvalue weighted by atomic mass is 9.47. The van der Waals surface area contributed by atoms with Crippen LogP contribution in [0.3, 0.4) is 0 Å². The van der Waals surface area contributed by atoms with E-state index in [9.17, 15) is 15.0 Å². The molecule has 7 heteroatoms. The van der Waals surface area contributed by atoms with E-state index in [1.54, 1.807) is 11.3 Å². The van der Waals surface area contributed by atoms with Gasteiger partial charge in [0.1, 0.15) is 0 Å². The Balaban J connectivity index is 1.68. The Morgan fingerprint density at radius 3 is 2.66 bits per heavy atom. The van der Waals surface area contributed by atoms with Gasteiger partial charge in [-0.2, -0.15) is 0 Å². The number of carbonyl (C=O) groups excluding carboxylic acids is 1. The van der Waals surface area contributed by atoms with Crippen LogP contribution in [0.5, 0.6) is 0 Å². The highest BCUT2D eigenvalue weighted by atomic mass is 32.1. The van der Waals surface area contributed by atoms with Crippen molar-refractivity contribution in [2.45, 2.75) is 83.3 Å². The van der Waals surface area contributed by atoms with Crippen LogP contribution in [0.25, 0.3) is 0 Å². The summed E-state index contributed by atoms with van der Waals surface area (Å²) in [6.07, 6.45) is 6.78. The Labute approximate surface area is 177 Å². The number of nitrogens with zero attached hydrogens (tertiary/aromatic N) is 1. The fourth-order valence-electron chi connectivity index (χ4n) is 6.29. The van der Waals surface area contributed by atoms with Crippen LogP contribution in [0, 0.1) is 16.7 Å². The molecule has 5 atom stereocenters. The fraction of sp³-hybridized carbons (Fsp3) is 0.818. The van der Waals surface area contributed by atoms with Crippen molar-refractivity contribution in [2.75, 3.05) is 19.0 Å². The van der Waals surface area contributed by atoms with Crippen molar-refractivity contribution in [1.29, 1.82) is 0 Å². The predicted molar refractivity (Wildman–Crippen MR) is 115 cm³/mol. The van der Waals surface area contributed by atoms with Crippen LogP contribution in [0.1, 0.15) is 75.3 Å². The average Bonchev–Trinajstić information content (AvgIpc) is 3.36. The number of aliphatic hydroxyl groups is 2. The summed E-state index contributed by atoms with van der Waals surface area (Å²) < 4.78 is 0. The summed E-state index contributed by atoms with van der Waals surface area (Å²) in [6, 6.07) is 0.313. The van der Waals surface area contributed by atoms with E-state index >= 15 is 0 Å². The lowest BCUT2D eigenvalue weighted by Crippen LogP contribution is -2.57. The summed E-state index contributed by atoms with van der Waals surface area (Å²) in [5.41, 5.74) is 0.321.